The van der Waals surface area contributed by atoms with Crippen LogP contribution in [0.4, 0.5) is 4.79 Å². The van der Waals surface area contributed by atoms with Gasteiger partial charge in [-0.1, -0.05) is 0 Å². The molecule has 1 unspecified atom stereocenters. The highest BCUT2D eigenvalue weighted by atomic mass is 32.2. The molecule has 70 valence electrons. The fourth-order valence-corrected chi connectivity index (χ4v) is 1.41. The molecule has 1 saturated heterocycles. The predicted octanol–water partition coefficient (Wildman–Crippen LogP) is 0.403. The Morgan fingerprint density at radius 3 is 2.42 bits per heavy atom. The largest absolute Gasteiger partial charge is 0.740 e. The van der Waals surface area contributed by atoms with Crippen LogP contribution in [0.2, 0.25) is 0 Å². The van der Waals surface area contributed by atoms with E-state index in [-0.39, 0.29) is 0 Å². The molecule has 0 aliphatic carbocycles. The summed E-state index contributed by atoms with van der Waals surface area (Å²) in [6.45, 7) is 1.19. The molecule has 1 atom stereocenters. The van der Waals surface area contributed by atoms with Crippen molar-refractivity contribution >= 4 is 17.5 Å². The monoisotopic (exact) mass is 192 g/mol. The third-order valence-electron chi connectivity index (χ3n) is 1.75. The standard InChI is InChI=1S/C6H11NO4S/c8-6(11-12(9)10)7-4-2-1-3-5-7/h1-5H2,(H,9,10)/p-1. The normalized spacial score (nSPS) is 20.2. The molecule has 5 nitrogen and oxygen atoms in total. The lowest BCUT2D eigenvalue weighted by molar-refractivity contribution is 0.143. The summed E-state index contributed by atoms with van der Waals surface area (Å²) in [7, 11) is 0. The molecule has 0 aromatic rings. The topological polar surface area (TPSA) is 69.7 Å². The fraction of sp³-hybridized carbons (Fsp3) is 0.833. The molecule has 1 aliphatic rings. The predicted molar refractivity (Wildman–Crippen MR) is 40.8 cm³/mol. The van der Waals surface area contributed by atoms with Gasteiger partial charge in [0.25, 0.3) is 0 Å². The molecule has 1 aliphatic heterocycles. The second-order valence-electron chi connectivity index (χ2n) is 2.60. The molecular formula is C6H10NO4S-. The maximum absolute atomic E-state index is 10.9. The van der Waals surface area contributed by atoms with Gasteiger partial charge in [0.2, 0.25) is 0 Å². The number of hydrogen-bond acceptors (Lipinski definition) is 4. The Bertz CT molecular complexity index is 190. The maximum Gasteiger partial charge on any atom is 0.423 e. The number of carbonyl (C=O) groups excluding carboxylic acids is 1. The van der Waals surface area contributed by atoms with E-state index in [2.05, 4.69) is 4.18 Å². The van der Waals surface area contributed by atoms with Crippen LogP contribution in [-0.4, -0.2) is 32.8 Å². The van der Waals surface area contributed by atoms with E-state index >= 15 is 0 Å². The molecule has 1 heterocycles. The molecule has 0 saturated carbocycles. The van der Waals surface area contributed by atoms with E-state index in [1.54, 1.807) is 0 Å². The van der Waals surface area contributed by atoms with Crippen molar-refractivity contribution in [2.45, 2.75) is 19.3 Å². The fourth-order valence-electron chi connectivity index (χ4n) is 1.19. The van der Waals surface area contributed by atoms with Crippen LogP contribution in [0.5, 0.6) is 0 Å². The highest BCUT2D eigenvalue weighted by Gasteiger charge is 2.17. The highest BCUT2D eigenvalue weighted by Crippen LogP contribution is 2.09. The Kier molecular flexibility index (Phi) is 3.48. The number of nitrogens with zero attached hydrogens (tertiary/aromatic N) is 1. The lowest BCUT2D eigenvalue weighted by Crippen LogP contribution is -2.36. The van der Waals surface area contributed by atoms with Gasteiger partial charge in [-0.05, 0) is 19.3 Å². The van der Waals surface area contributed by atoms with Crippen LogP contribution in [0, 0.1) is 0 Å². The van der Waals surface area contributed by atoms with Gasteiger partial charge in [-0.2, -0.15) is 0 Å². The summed E-state index contributed by atoms with van der Waals surface area (Å²) in [5, 5.41) is 0. The van der Waals surface area contributed by atoms with Crippen LogP contribution < -0.4 is 0 Å². The minimum atomic E-state index is -2.74. The van der Waals surface area contributed by atoms with E-state index in [1.165, 1.54) is 4.90 Å². The minimum Gasteiger partial charge on any atom is -0.740 e. The number of hydrogen-bond donors (Lipinski definition) is 0. The quantitative estimate of drug-likeness (QED) is 0.564. The van der Waals surface area contributed by atoms with Crippen LogP contribution in [0.1, 0.15) is 19.3 Å². The van der Waals surface area contributed by atoms with E-state index < -0.39 is 17.5 Å². The Labute approximate surface area is 73.2 Å². The summed E-state index contributed by atoms with van der Waals surface area (Å²) in [6.07, 6.45) is 2.16. The first-order valence-electron chi connectivity index (χ1n) is 3.76. The maximum atomic E-state index is 10.9. The molecule has 0 aromatic heterocycles. The van der Waals surface area contributed by atoms with Crippen LogP contribution in [-0.2, 0) is 15.5 Å². The van der Waals surface area contributed by atoms with Gasteiger partial charge >= 0.3 is 6.09 Å². The van der Waals surface area contributed by atoms with Crippen molar-refractivity contribution in [2.75, 3.05) is 13.1 Å². The van der Waals surface area contributed by atoms with Gasteiger partial charge in [0.15, 0.2) is 0 Å². The zero-order valence-corrected chi connectivity index (χ0v) is 7.34. The number of carbonyl (C=O) groups is 1. The van der Waals surface area contributed by atoms with E-state index in [0.29, 0.717) is 13.1 Å². The lowest BCUT2D eigenvalue weighted by atomic mass is 10.1. The van der Waals surface area contributed by atoms with Crippen LogP contribution in [0.25, 0.3) is 0 Å². The average molecular weight is 192 g/mol. The average Bonchev–Trinajstić information content (AvgIpc) is 2.05. The highest BCUT2D eigenvalue weighted by molar-refractivity contribution is 7.74. The van der Waals surface area contributed by atoms with E-state index in [0.717, 1.165) is 19.3 Å². The first-order chi connectivity index (χ1) is 5.70. The van der Waals surface area contributed by atoms with Gasteiger partial charge in [0.05, 0.1) is 0 Å². The second-order valence-corrected chi connectivity index (χ2v) is 3.18. The van der Waals surface area contributed by atoms with Crippen LogP contribution in [0.15, 0.2) is 0 Å². The van der Waals surface area contributed by atoms with Crippen molar-refractivity contribution in [2.24, 2.45) is 0 Å². The molecule has 0 bridgehead atoms. The van der Waals surface area contributed by atoms with Gasteiger partial charge in [-0.25, -0.2) is 9.00 Å². The smallest absolute Gasteiger partial charge is 0.423 e. The summed E-state index contributed by atoms with van der Waals surface area (Å²) >= 11 is -2.74. The lowest BCUT2D eigenvalue weighted by Gasteiger charge is -2.25. The van der Waals surface area contributed by atoms with E-state index in [9.17, 15) is 13.6 Å². The summed E-state index contributed by atoms with van der Waals surface area (Å²) < 4.78 is 24.0. The summed E-state index contributed by atoms with van der Waals surface area (Å²) in [5.74, 6) is 0. The summed E-state index contributed by atoms with van der Waals surface area (Å²) in [6, 6.07) is 0. The number of amides is 1. The van der Waals surface area contributed by atoms with Crippen molar-refractivity contribution in [3.63, 3.8) is 0 Å². The Balaban J connectivity index is 2.34. The number of rotatable bonds is 1. The van der Waals surface area contributed by atoms with Gasteiger partial charge < -0.3 is 13.6 Å². The van der Waals surface area contributed by atoms with Gasteiger partial charge in [0.1, 0.15) is 11.4 Å². The first kappa shape index (κ1) is 9.47. The Morgan fingerprint density at radius 1 is 1.33 bits per heavy atom. The van der Waals surface area contributed by atoms with Crippen molar-refractivity contribution in [1.29, 1.82) is 0 Å². The Morgan fingerprint density at radius 2 is 1.92 bits per heavy atom. The molecule has 6 heteroatoms. The summed E-state index contributed by atoms with van der Waals surface area (Å²) in [5.41, 5.74) is 0. The molecule has 1 rings (SSSR count). The Hall–Kier alpha value is -0.620. The summed E-state index contributed by atoms with van der Waals surface area (Å²) in [4.78, 5) is 12.3. The SMILES string of the molecule is O=C(OS(=O)[O-])N1CCCCC1. The van der Waals surface area contributed by atoms with Crippen molar-refractivity contribution in [3.8, 4) is 0 Å². The molecule has 12 heavy (non-hydrogen) atoms. The zero-order valence-electron chi connectivity index (χ0n) is 6.52. The van der Waals surface area contributed by atoms with Gasteiger partial charge in [-0.3, -0.25) is 0 Å². The molecule has 1 fully saturated rings. The third kappa shape index (κ3) is 2.78. The van der Waals surface area contributed by atoms with Crippen molar-refractivity contribution < 1.29 is 17.7 Å². The van der Waals surface area contributed by atoms with Gasteiger partial charge in [-0.15, -0.1) is 0 Å². The number of piperidine rings is 1. The number of likely N-dealkylation sites (tertiary alicyclic amines) is 1. The molecule has 0 aromatic carbocycles. The second kappa shape index (κ2) is 4.42. The van der Waals surface area contributed by atoms with Crippen LogP contribution >= 0.6 is 0 Å². The molecule has 0 radical (unpaired) electrons. The molecule has 0 spiro atoms. The van der Waals surface area contributed by atoms with Crippen molar-refractivity contribution in [3.05, 3.63) is 0 Å². The third-order valence-corrected chi connectivity index (χ3v) is 2.03. The van der Waals surface area contributed by atoms with E-state index in [4.69, 9.17) is 0 Å². The molecule has 0 N–H and O–H groups in total. The van der Waals surface area contributed by atoms with Crippen LogP contribution in [0.3, 0.4) is 0 Å². The molecular weight excluding hydrogens is 182 g/mol. The minimum absolute atomic E-state index is 0.593. The van der Waals surface area contributed by atoms with E-state index in [1.807, 2.05) is 0 Å². The zero-order chi connectivity index (χ0) is 8.97. The molecule has 1 amide bonds. The first-order valence-corrected chi connectivity index (χ1v) is 4.76. The van der Waals surface area contributed by atoms with Gasteiger partial charge in [0, 0.05) is 13.1 Å². The van der Waals surface area contributed by atoms with Crippen molar-refractivity contribution in [1.82, 2.24) is 4.90 Å².